The van der Waals surface area contributed by atoms with Crippen molar-refractivity contribution >= 4 is 0 Å². The molecule has 1 nitrogen and oxygen atoms in total. The molecule has 0 N–H and O–H groups in total. The van der Waals surface area contributed by atoms with E-state index in [0.29, 0.717) is 0 Å². The van der Waals surface area contributed by atoms with Crippen LogP contribution in [0.4, 0.5) is 0 Å². The van der Waals surface area contributed by atoms with Gasteiger partial charge in [0, 0.05) is 0 Å². The van der Waals surface area contributed by atoms with Crippen LogP contribution in [0, 0.1) is 6.42 Å². The maximum atomic E-state index is 5.80. The van der Waals surface area contributed by atoms with E-state index in [2.05, 4.69) is 61.9 Å². The van der Waals surface area contributed by atoms with Gasteiger partial charge in [-0.2, -0.15) is 0 Å². The van der Waals surface area contributed by atoms with Crippen LogP contribution in [0.1, 0.15) is 24.5 Å². The van der Waals surface area contributed by atoms with E-state index in [1.54, 1.807) is 0 Å². The lowest BCUT2D eigenvalue weighted by atomic mass is 10.1. The van der Waals surface area contributed by atoms with Crippen molar-refractivity contribution in [3.8, 4) is 5.75 Å². The number of ether oxygens (including phenoxy) is 1. The van der Waals surface area contributed by atoms with E-state index in [1.165, 1.54) is 11.1 Å². The van der Waals surface area contributed by atoms with Crippen molar-refractivity contribution in [2.75, 3.05) is 6.61 Å². The molecular formula is C18H21O. The van der Waals surface area contributed by atoms with Gasteiger partial charge in [-0.25, -0.2) is 0 Å². The lowest BCUT2D eigenvalue weighted by Crippen LogP contribution is -1.99. The first-order chi connectivity index (χ1) is 9.38. The van der Waals surface area contributed by atoms with Gasteiger partial charge in [-0.15, -0.1) is 0 Å². The second-order valence-corrected chi connectivity index (χ2v) is 4.70. The molecule has 0 heterocycles. The van der Waals surface area contributed by atoms with Crippen LogP contribution in [0.25, 0.3) is 0 Å². The third kappa shape index (κ3) is 4.78. The van der Waals surface area contributed by atoms with Crippen molar-refractivity contribution in [1.82, 2.24) is 0 Å². The topological polar surface area (TPSA) is 9.23 Å². The molecular weight excluding hydrogens is 232 g/mol. The molecule has 0 aliphatic carbocycles. The molecule has 2 rings (SSSR count). The number of hydrogen-bond donors (Lipinski definition) is 0. The van der Waals surface area contributed by atoms with Gasteiger partial charge in [0.15, 0.2) is 0 Å². The minimum Gasteiger partial charge on any atom is -0.494 e. The summed E-state index contributed by atoms with van der Waals surface area (Å²) < 4.78 is 5.80. The standard InChI is InChI=1S/C18H21O/c1-2-8-17-11-6-13-18(15-17)19-14-7-12-16-9-4-3-5-10-16/h2-6,9-11,13,15H,7-8,12,14H2,1H3. The third-order valence-electron chi connectivity index (χ3n) is 3.06. The summed E-state index contributed by atoms with van der Waals surface area (Å²) in [7, 11) is 0. The van der Waals surface area contributed by atoms with Crippen LogP contribution < -0.4 is 4.74 Å². The lowest BCUT2D eigenvalue weighted by molar-refractivity contribution is 0.311. The van der Waals surface area contributed by atoms with E-state index in [4.69, 9.17) is 4.74 Å². The molecule has 2 aromatic carbocycles. The van der Waals surface area contributed by atoms with Gasteiger partial charge in [0.1, 0.15) is 5.75 Å². The van der Waals surface area contributed by atoms with Crippen molar-refractivity contribution < 1.29 is 4.74 Å². The minimum atomic E-state index is 0.772. The third-order valence-corrected chi connectivity index (χ3v) is 3.06. The quantitative estimate of drug-likeness (QED) is 0.662. The molecule has 1 heteroatoms. The van der Waals surface area contributed by atoms with Crippen molar-refractivity contribution in [2.45, 2.75) is 26.2 Å². The SMILES string of the molecule is C[CH]Cc1cccc(OCCCc2ccccc2)c1. The monoisotopic (exact) mass is 253 g/mol. The van der Waals surface area contributed by atoms with E-state index in [9.17, 15) is 0 Å². The molecule has 0 aliphatic heterocycles. The first-order valence-electron chi connectivity index (χ1n) is 6.92. The summed E-state index contributed by atoms with van der Waals surface area (Å²) in [6.07, 6.45) is 5.28. The van der Waals surface area contributed by atoms with Crippen LogP contribution in [0.3, 0.4) is 0 Å². The molecule has 99 valence electrons. The Bertz CT molecular complexity index is 476. The maximum Gasteiger partial charge on any atom is 0.119 e. The molecule has 0 atom stereocenters. The zero-order chi connectivity index (χ0) is 13.3. The Hall–Kier alpha value is -1.76. The van der Waals surface area contributed by atoms with Gasteiger partial charge in [0.25, 0.3) is 0 Å². The molecule has 2 aromatic rings. The Morgan fingerprint density at radius 2 is 1.74 bits per heavy atom. The average molecular weight is 253 g/mol. The molecule has 0 amide bonds. The van der Waals surface area contributed by atoms with Gasteiger partial charge >= 0.3 is 0 Å². The minimum absolute atomic E-state index is 0.772. The average Bonchev–Trinajstić information content (AvgIpc) is 2.46. The van der Waals surface area contributed by atoms with Gasteiger partial charge in [0.2, 0.25) is 0 Å². The van der Waals surface area contributed by atoms with Crippen LogP contribution in [0.15, 0.2) is 54.6 Å². The highest BCUT2D eigenvalue weighted by Crippen LogP contribution is 2.15. The molecule has 0 saturated heterocycles. The zero-order valence-corrected chi connectivity index (χ0v) is 11.5. The molecule has 0 aliphatic rings. The first-order valence-corrected chi connectivity index (χ1v) is 6.92. The first kappa shape index (κ1) is 13.7. The predicted molar refractivity (Wildman–Crippen MR) is 80.4 cm³/mol. The van der Waals surface area contributed by atoms with E-state index in [-0.39, 0.29) is 0 Å². The van der Waals surface area contributed by atoms with Crippen LogP contribution in [-0.2, 0) is 12.8 Å². The fourth-order valence-corrected chi connectivity index (χ4v) is 2.11. The Morgan fingerprint density at radius 3 is 2.53 bits per heavy atom. The largest absolute Gasteiger partial charge is 0.494 e. The van der Waals surface area contributed by atoms with Crippen LogP contribution in [0.2, 0.25) is 0 Å². The summed E-state index contributed by atoms with van der Waals surface area (Å²) in [6.45, 7) is 2.85. The van der Waals surface area contributed by atoms with Gasteiger partial charge in [-0.05, 0) is 48.9 Å². The number of rotatable bonds is 7. The van der Waals surface area contributed by atoms with E-state index < -0.39 is 0 Å². The summed E-state index contributed by atoms with van der Waals surface area (Å²) >= 11 is 0. The fraction of sp³-hybridized carbons (Fsp3) is 0.278. The summed E-state index contributed by atoms with van der Waals surface area (Å²) in [5.41, 5.74) is 2.68. The van der Waals surface area contributed by atoms with Crippen LogP contribution >= 0.6 is 0 Å². The number of hydrogen-bond acceptors (Lipinski definition) is 1. The molecule has 0 unspecified atom stereocenters. The molecule has 0 spiro atoms. The van der Waals surface area contributed by atoms with E-state index in [1.807, 2.05) is 6.07 Å². The van der Waals surface area contributed by atoms with Crippen LogP contribution in [0.5, 0.6) is 5.75 Å². The number of benzene rings is 2. The van der Waals surface area contributed by atoms with Crippen LogP contribution in [-0.4, -0.2) is 6.61 Å². The molecule has 0 saturated carbocycles. The summed E-state index contributed by atoms with van der Waals surface area (Å²) in [6, 6.07) is 18.9. The Labute approximate surface area is 116 Å². The molecule has 0 aromatic heterocycles. The fourth-order valence-electron chi connectivity index (χ4n) is 2.11. The van der Waals surface area contributed by atoms with Crippen molar-refractivity contribution in [2.24, 2.45) is 0 Å². The van der Waals surface area contributed by atoms with Gasteiger partial charge in [-0.1, -0.05) is 49.4 Å². The second kappa shape index (κ2) is 7.63. The molecule has 1 radical (unpaired) electrons. The Kier molecular flexibility index (Phi) is 5.49. The highest BCUT2D eigenvalue weighted by atomic mass is 16.5. The lowest BCUT2D eigenvalue weighted by Gasteiger charge is -2.07. The van der Waals surface area contributed by atoms with Gasteiger partial charge in [-0.3, -0.25) is 0 Å². The normalized spacial score (nSPS) is 10.4. The van der Waals surface area contributed by atoms with Crippen molar-refractivity contribution in [3.05, 3.63) is 72.1 Å². The summed E-state index contributed by atoms with van der Waals surface area (Å²) in [4.78, 5) is 0. The molecule has 0 bridgehead atoms. The maximum absolute atomic E-state index is 5.80. The van der Waals surface area contributed by atoms with Gasteiger partial charge < -0.3 is 4.74 Å². The van der Waals surface area contributed by atoms with Crippen molar-refractivity contribution in [1.29, 1.82) is 0 Å². The Balaban J connectivity index is 1.75. The molecule has 19 heavy (non-hydrogen) atoms. The zero-order valence-electron chi connectivity index (χ0n) is 11.5. The van der Waals surface area contributed by atoms with E-state index >= 15 is 0 Å². The predicted octanol–water partition coefficient (Wildman–Crippen LogP) is 4.46. The summed E-state index contributed by atoms with van der Waals surface area (Å²) in [5.74, 6) is 0.979. The number of aryl methyl sites for hydroxylation is 1. The smallest absolute Gasteiger partial charge is 0.119 e. The molecule has 0 fully saturated rings. The van der Waals surface area contributed by atoms with Crippen molar-refractivity contribution in [3.63, 3.8) is 0 Å². The highest BCUT2D eigenvalue weighted by molar-refractivity contribution is 5.29. The van der Waals surface area contributed by atoms with E-state index in [0.717, 1.165) is 31.6 Å². The Morgan fingerprint density at radius 1 is 0.947 bits per heavy atom. The van der Waals surface area contributed by atoms with Gasteiger partial charge in [0.05, 0.1) is 6.61 Å². The second-order valence-electron chi connectivity index (χ2n) is 4.70. The highest BCUT2D eigenvalue weighted by Gasteiger charge is 1.97. The summed E-state index contributed by atoms with van der Waals surface area (Å²) in [5, 5.41) is 0.